The molecule has 0 amide bonds. The Kier molecular flexibility index (Phi) is 20.9. The number of nitrogens with zero attached hydrogens (tertiary/aromatic N) is 1. The van der Waals surface area contributed by atoms with Gasteiger partial charge < -0.3 is 10.6 Å². The summed E-state index contributed by atoms with van der Waals surface area (Å²) in [6, 6.07) is 11.5. The van der Waals surface area contributed by atoms with Gasteiger partial charge in [0.1, 0.15) is 0 Å². The van der Waals surface area contributed by atoms with Gasteiger partial charge in [0.2, 0.25) is 0 Å². The van der Waals surface area contributed by atoms with E-state index in [1.54, 1.807) is 0 Å². The zero-order chi connectivity index (χ0) is 31.7. The summed E-state index contributed by atoms with van der Waals surface area (Å²) >= 11 is 0. The predicted octanol–water partition coefficient (Wildman–Crippen LogP) is 11.5. The summed E-state index contributed by atoms with van der Waals surface area (Å²) in [6.07, 6.45) is 3.20. The third-order valence-electron chi connectivity index (χ3n) is 6.11. The van der Waals surface area contributed by atoms with Gasteiger partial charge in [-0.25, -0.2) is 0 Å². The molecule has 0 radical (unpaired) electrons. The monoisotopic (exact) mass is 541 g/mol. The average molecular weight is 541 g/mol. The first kappa shape index (κ1) is 41.3. The normalized spacial score (nSPS) is 11.0. The fourth-order valence-electron chi connectivity index (χ4n) is 3.70. The summed E-state index contributed by atoms with van der Waals surface area (Å²) in [7, 11) is 4.14. The highest BCUT2D eigenvalue weighted by Crippen LogP contribution is 2.30. The molecule has 0 saturated heterocycles. The molecule has 0 atom stereocenters. The number of aryl methyl sites for hydroxylation is 2. The van der Waals surface area contributed by atoms with Crippen molar-refractivity contribution in [2.75, 3.05) is 19.8 Å². The van der Waals surface area contributed by atoms with Crippen molar-refractivity contribution < 1.29 is 0 Å². The van der Waals surface area contributed by atoms with E-state index in [-0.39, 0.29) is 10.8 Å². The van der Waals surface area contributed by atoms with E-state index in [1.165, 1.54) is 39.0 Å². The van der Waals surface area contributed by atoms with Crippen molar-refractivity contribution in [3.63, 3.8) is 0 Å². The van der Waals surface area contributed by atoms with Gasteiger partial charge in [-0.1, -0.05) is 134 Å². The van der Waals surface area contributed by atoms with E-state index in [9.17, 15) is 0 Å². The van der Waals surface area contributed by atoms with Crippen LogP contribution >= 0.6 is 0 Å². The number of hydrogen-bond acceptors (Lipinski definition) is 2. The molecule has 0 bridgehead atoms. The third-order valence-corrected chi connectivity index (χ3v) is 6.11. The first-order valence-corrected chi connectivity index (χ1v) is 15.4. The smallest absolute Gasteiger partial charge is 0.0376 e. The molecule has 226 valence electrons. The molecule has 2 heteroatoms. The molecule has 0 aliphatic heterocycles. The van der Waals surface area contributed by atoms with Gasteiger partial charge in [-0.3, -0.25) is 0 Å². The number of allylic oxidation sites excluding steroid dienone is 1. The minimum atomic E-state index is 0.193. The maximum absolute atomic E-state index is 6.01. The van der Waals surface area contributed by atoms with E-state index < -0.39 is 0 Å². The van der Waals surface area contributed by atoms with Crippen LogP contribution < -0.4 is 5.73 Å². The molecular formula is C37H68N2. The van der Waals surface area contributed by atoms with Gasteiger partial charge >= 0.3 is 0 Å². The lowest BCUT2D eigenvalue weighted by molar-refractivity contribution is 0.565. The highest BCUT2D eigenvalue weighted by molar-refractivity contribution is 5.65. The van der Waals surface area contributed by atoms with Crippen LogP contribution in [-0.4, -0.2) is 19.0 Å². The average Bonchev–Trinajstić information content (AvgIpc) is 2.87. The van der Waals surface area contributed by atoms with Crippen LogP contribution in [0.5, 0.6) is 0 Å². The van der Waals surface area contributed by atoms with Crippen LogP contribution in [0.25, 0.3) is 5.57 Å². The molecule has 0 aromatic heterocycles. The fraction of sp³-hybridized carbons (Fsp3) is 0.622. The molecule has 2 aromatic carbocycles. The highest BCUT2D eigenvalue weighted by atomic mass is 15.0. The van der Waals surface area contributed by atoms with Crippen LogP contribution in [0.4, 0.5) is 5.69 Å². The van der Waals surface area contributed by atoms with E-state index in [4.69, 9.17) is 5.73 Å². The van der Waals surface area contributed by atoms with E-state index in [2.05, 4.69) is 132 Å². The lowest BCUT2D eigenvalue weighted by atomic mass is 9.83. The van der Waals surface area contributed by atoms with Crippen LogP contribution in [0.2, 0.25) is 0 Å². The molecule has 2 rings (SSSR count). The zero-order valence-electron chi connectivity index (χ0n) is 29.8. The van der Waals surface area contributed by atoms with Gasteiger partial charge in [-0.2, -0.15) is 0 Å². The Balaban J connectivity index is -0.000000573. The van der Waals surface area contributed by atoms with Crippen molar-refractivity contribution in [1.82, 2.24) is 4.90 Å². The van der Waals surface area contributed by atoms with E-state index in [1.807, 2.05) is 41.5 Å². The molecular weight excluding hydrogens is 472 g/mol. The highest BCUT2D eigenvalue weighted by Gasteiger charge is 2.17. The maximum Gasteiger partial charge on any atom is 0.0376 e. The number of nitrogens with two attached hydrogens (primary N) is 1. The number of anilines is 1. The Morgan fingerprint density at radius 1 is 0.795 bits per heavy atom. The molecule has 0 spiro atoms. The Bertz CT molecular complexity index is 949. The molecule has 2 nitrogen and oxygen atoms in total. The lowest BCUT2D eigenvalue weighted by Crippen LogP contribution is -2.12. The molecule has 39 heavy (non-hydrogen) atoms. The number of benzene rings is 2. The van der Waals surface area contributed by atoms with Crippen LogP contribution in [0.1, 0.15) is 150 Å². The quantitative estimate of drug-likeness (QED) is 0.391. The van der Waals surface area contributed by atoms with Crippen molar-refractivity contribution in [3.8, 4) is 0 Å². The van der Waals surface area contributed by atoms with Crippen molar-refractivity contribution in [3.05, 3.63) is 69.9 Å². The van der Waals surface area contributed by atoms with Crippen LogP contribution in [0.15, 0.2) is 36.5 Å². The standard InChI is InChI=1S/C18H29N.C13H21N.3C2H6/c1-13(2)15-9-16(14(3)12-19(7)8)11-17(10-15)18(4,5)6;1-6-10-8-11(13(3,4)5)7-9(2)12(10)14;3*1-2/h9-13H,1-8H3;7-8H,6,14H2,1-5H3;3*1-2H3/b14-12-;;;;. The lowest BCUT2D eigenvalue weighted by Gasteiger charge is -2.23. The van der Waals surface area contributed by atoms with Crippen LogP contribution in [0.3, 0.4) is 0 Å². The van der Waals surface area contributed by atoms with Crippen molar-refractivity contribution in [2.45, 2.75) is 141 Å². The summed E-state index contributed by atoms with van der Waals surface area (Å²) < 4.78 is 0. The third kappa shape index (κ3) is 15.2. The number of hydrogen-bond donors (Lipinski definition) is 1. The van der Waals surface area contributed by atoms with E-state index in [0.29, 0.717) is 5.92 Å². The number of nitrogen functional groups attached to an aromatic ring is 1. The first-order chi connectivity index (χ1) is 18.0. The van der Waals surface area contributed by atoms with Crippen molar-refractivity contribution in [2.24, 2.45) is 0 Å². The summed E-state index contributed by atoms with van der Waals surface area (Å²) in [6.45, 7) is 36.5. The SMILES string of the molecule is C/C(=C/N(C)C)c1cc(C(C)C)cc(C(C)(C)C)c1.CC.CC.CC.CCc1cc(C(C)(C)C)cc(C)c1N. The Hall–Kier alpha value is -2.22. The van der Waals surface area contributed by atoms with Gasteiger partial charge in [0.05, 0.1) is 0 Å². The summed E-state index contributed by atoms with van der Waals surface area (Å²) in [4.78, 5) is 2.11. The van der Waals surface area contributed by atoms with Crippen molar-refractivity contribution in [1.29, 1.82) is 0 Å². The Morgan fingerprint density at radius 2 is 1.23 bits per heavy atom. The fourth-order valence-corrected chi connectivity index (χ4v) is 3.70. The van der Waals surface area contributed by atoms with Gasteiger partial charge in [-0.15, -0.1) is 0 Å². The molecule has 0 aliphatic carbocycles. The Morgan fingerprint density at radius 3 is 1.59 bits per heavy atom. The second kappa shape index (κ2) is 19.8. The summed E-state index contributed by atoms with van der Waals surface area (Å²) in [5.74, 6) is 0.563. The van der Waals surface area contributed by atoms with Gasteiger partial charge in [0.25, 0.3) is 0 Å². The number of rotatable bonds is 4. The molecule has 0 saturated carbocycles. The topological polar surface area (TPSA) is 29.3 Å². The van der Waals surface area contributed by atoms with Crippen LogP contribution in [-0.2, 0) is 17.3 Å². The van der Waals surface area contributed by atoms with Crippen LogP contribution in [0, 0.1) is 6.92 Å². The second-order valence-corrected chi connectivity index (χ2v) is 12.0. The molecule has 0 fully saturated rings. The molecule has 0 unspecified atom stereocenters. The second-order valence-electron chi connectivity index (χ2n) is 12.0. The molecule has 2 aromatic rings. The van der Waals surface area contributed by atoms with Gasteiger partial charge in [-0.05, 0) is 76.0 Å². The zero-order valence-corrected chi connectivity index (χ0v) is 29.8. The summed E-state index contributed by atoms with van der Waals surface area (Å²) in [5, 5.41) is 0. The maximum atomic E-state index is 6.01. The van der Waals surface area contributed by atoms with E-state index in [0.717, 1.165) is 12.1 Å². The minimum Gasteiger partial charge on any atom is -0.398 e. The first-order valence-electron chi connectivity index (χ1n) is 15.4. The molecule has 2 N–H and O–H groups in total. The molecule has 0 aliphatic rings. The van der Waals surface area contributed by atoms with Gasteiger partial charge in [0, 0.05) is 26.0 Å². The Labute approximate surface area is 246 Å². The molecule has 0 heterocycles. The minimum absolute atomic E-state index is 0.193. The van der Waals surface area contributed by atoms with Crippen molar-refractivity contribution >= 4 is 11.3 Å². The van der Waals surface area contributed by atoms with Gasteiger partial charge in [0.15, 0.2) is 0 Å². The summed E-state index contributed by atoms with van der Waals surface area (Å²) in [5.41, 5.74) is 16.7. The van der Waals surface area contributed by atoms with E-state index >= 15 is 0 Å². The predicted molar refractivity (Wildman–Crippen MR) is 184 cm³/mol. The largest absolute Gasteiger partial charge is 0.398 e.